The molecule has 2 N–H and O–H groups in total. The smallest absolute Gasteiger partial charge is 0.184 e. The first-order valence-corrected chi connectivity index (χ1v) is 13.4. The summed E-state index contributed by atoms with van der Waals surface area (Å²) in [5, 5.41) is 22.0. The zero-order valence-corrected chi connectivity index (χ0v) is 24.1. The Kier molecular flexibility index (Phi) is 8.12. The number of carbonyl (C=O) groups is 3. The van der Waals surface area contributed by atoms with Crippen molar-refractivity contribution in [1.29, 1.82) is 0 Å². The number of ketones is 3. The average Bonchev–Trinajstić information content (AvgIpc) is 2.82. The van der Waals surface area contributed by atoms with E-state index >= 15 is 0 Å². The van der Waals surface area contributed by atoms with Crippen molar-refractivity contribution in [2.24, 2.45) is 22.2 Å². The summed E-state index contributed by atoms with van der Waals surface area (Å²) >= 11 is 0. The summed E-state index contributed by atoms with van der Waals surface area (Å²) in [6.07, 6.45) is 6.79. The molecule has 1 saturated carbocycles. The summed E-state index contributed by atoms with van der Waals surface area (Å²) in [4.78, 5) is 43.7. The van der Waals surface area contributed by atoms with Gasteiger partial charge in [0, 0.05) is 11.1 Å². The summed E-state index contributed by atoms with van der Waals surface area (Å²) in [6.45, 7) is 15.6. The number of aliphatic hydroxyl groups excluding tert-OH is 1. The lowest BCUT2D eigenvalue weighted by Gasteiger charge is -2.59. The number of fused-ring (bicyclic) bond motifs is 2. The highest BCUT2D eigenvalue weighted by Gasteiger charge is 2.73. The standard InChI is InChI=1S/C33H42O5/c1-20(2)12-14-24-19-32(27(35)23-10-9-11-25(34)18-23)28(36)26(15-13-21(3)4)29(37)33(30(32)38,31(24,7)8)17-16-22(5)6/h9-13,16,18,24,34,36H,14-15,17,19H2,1-8H3. The number of phenolic OH excluding ortho intramolecular Hbond substituents is 1. The van der Waals surface area contributed by atoms with Crippen LogP contribution in [0.3, 0.4) is 0 Å². The zero-order chi connectivity index (χ0) is 28.6. The van der Waals surface area contributed by atoms with E-state index in [2.05, 4.69) is 6.08 Å². The summed E-state index contributed by atoms with van der Waals surface area (Å²) in [5.41, 5.74) is -0.912. The minimum absolute atomic E-state index is 0.0884. The predicted molar refractivity (Wildman–Crippen MR) is 151 cm³/mol. The van der Waals surface area contributed by atoms with Gasteiger partial charge in [-0.1, -0.05) is 60.9 Å². The number of hydrogen-bond acceptors (Lipinski definition) is 5. The molecule has 0 aromatic heterocycles. The predicted octanol–water partition coefficient (Wildman–Crippen LogP) is 7.63. The van der Waals surface area contributed by atoms with Crippen molar-refractivity contribution < 1.29 is 24.6 Å². The Bertz CT molecular complexity index is 1280. The molecule has 2 bridgehead atoms. The lowest BCUT2D eigenvalue weighted by molar-refractivity contribution is -0.168. The van der Waals surface area contributed by atoms with Crippen LogP contribution in [0.2, 0.25) is 0 Å². The van der Waals surface area contributed by atoms with E-state index in [1.54, 1.807) is 12.1 Å². The highest BCUT2D eigenvalue weighted by Crippen LogP contribution is 2.66. The van der Waals surface area contributed by atoms with E-state index in [0.29, 0.717) is 6.42 Å². The van der Waals surface area contributed by atoms with E-state index in [0.717, 1.165) is 16.7 Å². The number of hydrogen-bond donors (Lipinski definition) is 2. The third-order valence-corrected chi connectivity index (χ3v) is 8.64. The SMILES string of the molecule is CC(C)=CCC1=C(O)C2(C(=O)c3cccc(O)c3)CC(CC=C(C)C)C(C)(C)C(CC=C(C)C)(C1=O)C2=O. The molecule has 0 saturated heterocycles. The van der Waals surface area contributed by atoms with Crippen LogP contribution in [0.5, 0.6) is 5.75 Å². The quantitative estimate of drug-likeness (QED) is 0.210. The van der Waals surface area contributed by atoms with E-state index in [-0.39, 0.29) is 47.8 Å². The van der Waals surface area contributed by atoms with Gasteiger partial charge in [0.25, 0.3) is 0 Å². The van der Waals surface area contributed by atoms with Crippen molar-refractivity contribution in [1.82, 2.24) is 0 Å². The Morgan fingerprint density at radius 3 is 2.11 bits per heavy atom. The van der Waals surface area contributed by atoms with E-state index in [1.807, 2.05) is 67.5 Å². The maximum absolute atomic E-state index is 14.8. The van der Waals surface area contributed by atoms with Gasteiger partial charge < -0.3 is 10.2 Å². The molecule has 1 aromatic carbocycles. The summed E-state index contributed by atoms with van der Waals surface area (Å²) in [5.74, 6) is -2.26. The van der Waals surface area contributed by atoms with Gasteiger partial charge in [-0.3, -0.25) is 14.4 Å². The van der Waals surface area contributed by atoms with Crippen LogP contribution in [0.15, 0.2) is 70.5 Å². The van der Waals surface area contributed by atoms with Gasteiger partial charge in [0.15, 0.2) is 22.8 Å². The molecule has 38 heavy (non-hydrogen) atoms. The molecule has 0 aliphatic heterocycles. The second-order valence-corrected chi connectivity index (χ2v) is 12.3. The number of Topliss-reactive ketones (excluding diaryl/α,β-unsaturated/α-hetero) is 3. The summed E-state index contributed by atoms with van der Waals surface area (Å²) in [7, 11) is 0. The van der Waals surface area contributed by atoms with Gasteiger partial charge in [-0.25, -0.2) is 0 Å². The summed E-state index contributed by atoms with van der Waals surface area (Å²) < 4.78 is 0. The molecule has 3 unspecified atom stereocenters. The first kappa shape index (κ1) is 29.3. The normalized spacial score (nSPS) is 26.1. The molecule has 0 heterocycles. The topological polar surface area (TPSA) is 91.7 Å². The van der Waals surface area contributed by atoms with Crippen molar-refractivity contribution in [2.75, 3.05) is 0 Å². The minimum Gasteiger partial charge on any atom is -0.510 e. The molecule has 3 atom stereocenters. The van der Waals surface area contributed by atoms with Crippen LogP contribution in [0.4, 0.5) is 0 Å². The van der Waals surface area contributed by atoms with Crippen molar-refractivity contribution in [3.8, 4) is 5.75 Å². The highest BCUT2D eigenvalue weighted by molar-refractivity contribution is 6.29. The Morgan fingerprint density at radius 2 is 1.55 bits per heavy atom. The van der Waals surface area contributed by atoms with Gasteiger partial charge in [0.05, 0.1) is 0 Å². The van der Waals surface area contributed by atoms with Crippen LogP contribution in [0, 0.1) is 22.2 Å². The fraction of sp³-hybridized carbons (Fsp3) is 0.485. The molecular weight excluding hydrogens is 476 g/mol. The van der Waals surface area contributed by atoms with Gasteiger partial charge in [-0.2, -0.15) is 0 Å². The second-order valence-electron chi connectivity index (χ2n) is 12.3. The largest absolute Gasteiger partial charge is 0.510 e. The molecule has 204 valence electrons. The van der Waals surface area contributed by atoms with Crippen molar-refractivity contribution in [3.05, 3.63) is 76.1 Å². The first-order valence-electron chi connectivity index (χ1n) is 13.4. The van der Waals surface area contributed by atoms with Crippen LogP contribution in [-0.4, -0.2) is 27.6 Å². The molecule has 0 spiro atoms. The molecule has 5 heteroatoms. The van der Waals surface area contributed by atoms with Gasteiger partial charge >= 0.3 is 0 Å². The Morgan fingerprint density at radius 1 is 0.947 bits per heavy atom. The monoisotopic (exact) mass is 518 g/mol. The van der Waals surface area contributed by atoms with Crippen LogP contribution < -0.4 is 0 Å². The second kappa shape index (κ2) is 10.5. The van der Waals surface area contributed by atoms with Gasteiger partial charge in [0.2, 0.25) is 0 Å². The van der Waals surface area contributed by atoms with E-state index < -0.39 is 33.6 Å². The van der Waals surface area contributed by atoms with Gasteiger partial charge in [-0.05, 0) is 90.7 Å². The third kappa shape index (κ3) is 4.61. The number of phenols is 1. The van der Waals surface area contributed by atoms with Crippen LogP contribution in [-0.2, 0) is 9.59 Å². The Labute approximate surface area is 227 Å². The number of aromatic hydroxyl groups is 1. The van der Waals surface area contributed by atoms with E-state index in [1.165, 1.54) is 12.1 Å². The minimum atomic E-state index is -1.91. The van der Waals surface area contributed by atoms with Gasteiger partial charge in [-0.15, -0.1) is 0 Å². The molecule has 2 aliphatic carbocycles. The fourth-order valence-electron chi connectivity index (χ4n) is 6.20. The molecule has 1 fully saturated rings. The van der Waals surface area contributed by atoms with E-state index in [9.17, 15) is 24.6 Å². The lowest BCUT2D eigenvalue weighted by atomic mass is 9.39. The molecule has 0 radical (unpaired) electrons. The Balaban J connectivity index is 2.46. The highest BCUT2D eigenvalue weighted by atomic mass is 16.3. The molecule has 2 aliphatic rings. The van der Waals surface area contributed by atoms with Crippen LogP contribution in [0.25, 0.3) is 0 Å². The lowest BCUT2D eigenvalue weighted by Crippen LogP contribution is -2.68. The van der Waals surface area contributed by atoms with Crippen LogP contribution >= 0.6 is 0 Å². The maximum atomic E-state index is 14.8. The number of benzene rings is 1. The first-order chi connectivity index (χ1) is 17.6. The number of carbonyl (C=O) groups excluding carboxylic acids is 3. The maximum Gasteiger partial charge on any atom is 0.184 e. The van der Waals surface area contributed by atoms with Crippen molar-refractivity contribution in [3.63, 3.8) is 0 Å². The van der Waals surface area contributed by atoms with Gasteiger partial charge in [0.1, 0.15) is 16.9 Å². The van der Waals surface area contributed by atoms with Crippen LogP contribution in [0.1, 0.15) is 91.4 Å². The van der Waals surface area contributed by atoms with Crippen molar-refractivity contribution >= 4 is 17.3 Å². The average molecular weight is 519 g/mol. The number of rotatable bonds is 8. The summed E-state index contributed by atoms with van der Waals surface area (Å²) in [6, 6.07) is 5.88. The molecule has 5 nitrogen and oxygen atoms in total. The third-order valence-electron chi connectivity index (χ3n) is 8.64. The van der Waals surface area contributed by atoms with Crippen molar-refractivity contribution in [2.45, 2.75) is 81.1 Å². The molecule has 1 aromatic rings. The Hall–Kier alpha value is -3.21. The zero-order valence-electron chi connectivity index (χ0n) is 24.1. The molecular formula is C33H42O5. The number of allylic oxidation sites excluding steroid dienone is 8. The van der Waals surface area contributed by atoms with E-state index in [4.69, 9.17) is 0 Å². The number of aliphatic hydroxyl groups is 1. The fourth-order valence-corrected chi connectivity index (χ4v) is 6.20. The molecule has 3 rings (SSSR count). The molecule has 0 amide bonds.